The molecule has 0 saturated carbocycles. The SMILES string of the molecule is CCNC(=O)[C@@H](Cc1ccccc1)NS(=O)(=O)c1ccc(Cl)cc1. The van der Waals surface area contributed by atoms with Crippen molar-refractivity contribution < 1.29 is 13.2 Å². The molecule has 1 amide bonds. The van der Waals surface area contributed by atoms with E-state index in [1.54, 1.807) is 6.92 Å². The van der Waals surface area contributed by atoms with E-state index in [4.69, 9.17) is 11.6 Å². The largest absolute Gasteiger partial charge is 0.355 e. The highest BCUT2D eigenvalue weighted by atomic mass is 35.5. The van der Waals surface area contributed by atoms with Crippen LogP contribution in [0.3, 0.4) is 0 Å². The van der Waals surface area contributed by atoms with Crippen LogP contribution >= 0.6 is 11.6 Å². The summed E-state index contributed by atoms with van der Waals surface area (Å²) in [4.78, 5) is 12.3. The molecule has 2 N–H and O–H groups in total. The summed E-state index contributed by atoms with van der Waals surface area (Å²) in [6.45, 7) is 2.21. The summed E-state index contributed by atoms with van der Waals surface area (Å²) in [6.07, 6.45) is 0.263. The monoisotopic (exact) mass is 366 g/mol. The van der Waals surface area contributed by atoms with Crippen LogP contribution in [0.25, 0.3) is 0 Å². The third kappa shape index (κ3) is 5.06. The predicted molar refractivity (Wildman–Crippen MR) is 94.4 cm³/mol. The normalized spacial score (nSPS) is 12.6. The molecule has 5 nitrogen and oxygen atoms in total. The molecule has 0 saturated heterocycles. The van der Waals surface area contributed by atoms with Gasteiger partial charge in [0.2, 0.25) is 15.9 Å². The van der Waals surface area contributed by atoms with E-state index in [0.717, 1.165) is 5.56 Å². The molecule has 1 atom stereocenters. The van der Waals surface area contributed by atoms with Gasteiger partial charge in [-0.3, -0.25) is 4.79 Å². The van der Waals surface area contributed by atoms with Crippen LogP contribution in [0.15, 0.2) is 59.5 Å². The molecule has 0 unspecified atom stereocenters. The van der Waals surface area contributed by atoms with Crippen LogP contribution in [0.1, 0.15) is 12.5 Å². The van der Waals surface area contributed by atoms with Gasteiger partial charge in [0.25, 0.3) is 0 Å². The molecule has 0 fully saturated rings. The molecule has 2 aromatic rings. The van der Waals surface area contributed by atoms with Gasteiger partial charge >= 0.3 is 0 Å². The van der Waals surface area contributed by atoms with E-state index in [1.165, 1.54) is 24.3 Å². The summed E-state index contributed by atoms with van der Waals surface area (Å²) in [5, 5.41) is 3.11. The Morgan fingerprint density at radius 3 is 2.29 bits per heavy atom. The van der Waals surface area contributed by atoms with E-state index in [0.29, 0.717) is 11.6 Å². The fraction of sp³-hybridized carbons (Fsp3) is 0.235. The number of carbonyl (C=O) groups excluding carboxylic acids is 1. The first-order chi connectivity index (χ1) is 11.4. The highest BCUT2D eigenvalue weighted by molar-refractivity contribution is 7.89. The lowest BCUT2D eigenvalue weighted by Crippen LogP contribution is -2.47. The van der Waals surface area contributed by atoms with Crippen molar-refractivity contribution in [3.05, 3.63) is 65.2 Å². The first-order valence-electron chi connectivity index (χ1n) is 7.52. The van der Waals surface area contributed by atoms with Crippen molar-refractivity contribution in [1.82, 2.24) is 10.0 Å². The Hall–Kier alpha value is -1.89. The molecule has 0 aliphatic rings. The van der Waals surface area contributed by atoms with Gasteiger partial charge in [-0.05, 0) is 43.2 Å². The average Bonchev–Trinajstić information content (AvgIpc) is 2.55. The Bertz CT molecular complexity index is 777. The number of halogens is 1. The maximum Gasteiger partial charge on any atom is 0.241 e. The maximum absolute atomic E-state index is 12.5. The molecule has 24 heavy (non-hydrogen) atoms. The van der Waals surface area contributed by atoms with Crippen LogP contribution in [-0.2, 0) is 21.2 Å². The number of amides is 1. The molecule has 2 rings (SSSR count). The molecule has 0 radical (unpaired) electrons. The molecule has 2 aromatic carbocycles. The van der Waals surface area contributed by atoms with Gasteiger partial charge in [-0.2, -0.15) is 4.72 Å². The van der Waals surface area contributed by atoms with Crippen LogP contribution in [0, 0.1) is 0 Å². The van der Waals surface area contributed by atoms with Crippen LogP contribution in [-0.4, -0.2) is 26.9 Å². The first-order valence-corrected chi connectivity index (χ1v) is 9.38. The first kappa shape index (κ1) is 18.4. The van der Waals surface area contributed by atoms with E-state index in [2.05, 4.69) is 10.0 Å². The van der Waals surface area contributed by atoms with Gasteiger partial charge in [0, 0.05) is 11.6 Å². The van der Waals surface area contributed by atoms with Crippen LogP contribution in [0.4, 0.5) is 0 Å². The minimum Gasteiger partial charge on any atom is -0.355 e. The molecular weight excluding hydrogens is 348 g/mol. The number of likely N-dealkylation sites (N-methyl/N-ethyl adjacent to an activating group) is 1. The molecule has 0 bridgehead atoms. The Balaban J connectivity index is 2.23. The molecule has 0 aliphatic heterocycles. The lowest BCUT2D eigenvalue weighted by Gasteiger charge is -2.18. The lowest BCUT2D eigenvalue weighted by molar-refractivity contribution is -0.122. The standard InChI is InChI=1S/C17H19ClN2O3S/c1-2-19-17(21)16(12-13-6-4-3-5-7-13)20-24(22,23)15-10-8-14(18)9-11-15/h3-11,16,20H,2,12H2,1H3,(H,19,21)/t16-/m1/s1. The summed E-state index contributed by atoms with van der Waals surface area (Å²) < 4.78 is 27.5. The smallest absolute Gasteiger partial charge is 0.241 e. The van der Waals surface area contributed by atoms with Gasteiger partial charge in [0.05, 0.1) is 4.90 Å². The second kappa shape index (κ2) is 8.28. The second-order valence-corrected chi connectivity index (χ2v) is 7.36. The van der Waals surface area contributed by atoms with Crippen molar-refractivity contribution >= 4 is 27.5 Å². The average molecular weight is 367 g/mol. The van der Waals surface area contributed by atoms with Gasteiger partial charge in [-0.25, -0.2) is 8.42 Å². The summed E-state index contributed by atoms with van der Waals surface area (Å²) in [5.74, 6) is -0.362. The Morgan fingerprint density at radius 1 is 1.08 bits per heavy atom. The molecular formula is C17H19ClN2O3S. The van der Waals surface area contributed by atoms with Gasteiger partial charge in [0.1, 0.15) is 6.04 Å². The third-order valence-corrected chi connectivity index (χ3v) is 5.11. The fourth-order valence-electron chi connectivity index (χ4n) is 2.20. The van der Waals surface area contributed by atoms with Crippen molar-refractivity contribution in [2.75, 3.05) is 6.54 Å². The zero-order chi connectivity index (χ0) is 17.6. The molecule has 7 heteroatoms. The van der Waals surface area contributed by atoms with E-state index in [9.17, 15) is 13.2 Å². The van der Waals surface area contributed by atoms with Gasteiger partial charge in [-0.15, -0.1) is 0 Å². The zero-order valence-electron chi connectivity index (χ0n) is 13.2. The van der Waals surface area contributed by atoms with Crippen molar-refractivity contribution in [3.8, 4) is 0 Å². The highest BCUT2D eigenvalue weighted by Crippen LogP contribution is 2.15. The minimum atomic E-state index is -3.83. The topological polar surface area (TPSA) is 75.3 Å². The second-order valence-electron chi connectivity index (χ2n) is 5.21. The van der Waals surface area contributed by atoms with Crippen LogP contribution in [0.2, 0.25) is 5.02 Å². The Morgan fingerprint density at radius 2 is 1.71 bits per heavy atom. The van der Waals surface area contributed by atoms with E-state index < -0.39 is 16.1 Å². The molecule has 0 heterocycles. The van der Waals surface area contributed by atoms with Crippen LogP contribution in [0.5, 0.6) is 0 Å². The Kier molecular flexibility index (Phi) is 6.36. The van der Waals surface area contributed by atoms with Gasteiger partial charge in [-0.1, -0.05) is 41.9 Å². The van der Waals surface area contributed by atoms with Crippen LogP contribution < -0.4 is 10.0 Å². The predicted octanol–water partition coefficient (Wildman–Crippen LogP) is 2.37. The lowest BCUT2D eigenvalue weighted by atomic mass is 10.1. The molecule has 0 aromatic heterocycles. The van der Waals surface area contributed by atoms with Crippen molar-refractivity contribution in [1.29, 1.82) is 0 Å². The number of carbonyl (C=O) groups is 1. The zero-order valence-corrected chi connectivity index (χ0v) is 14.8. The van der Waals surface area contributed by atoms with Gasteiger partial charge < -0.3 is 5.32 Å². The molecule has 128 valence electrons. The number of nitrogens with one attached hydrogen (secondary N) is 2. The molecule has 0 spiro atoms. The fourth-order valence-corrected chi connectivity index (χ4v) is 3.53. The summed E-state index contributed by atoms with van der Waals surface area (Å²) in [7, 11) is -3.83. The number of hydrogen-bond acceptors (Lipinski definition) is 3. The minimum absolute atomic E-state index is 0.0641. The number of hydrogen-bond donors (Lipinski definition) is 2. The molecule has 0 aliphatic carbocycles. The van der Waals surface area contributed by atoms with Crippen molar-refractivity contribution in [2.45, 2.75) is 24.3 Å². The Labute approximate surface area is 147 Å². The quantitative estimate of drug-likeness (QED) is 0.789. The number of rotatable bonds is 7. The highest BCUT2D eigenvalue weighted by Gasteiger charge is 2.25. The van der Waals surface area contributed by atoms with Crippen molar-refractivity contribution in [3.63, 3.8) is 0 Å². The van der Waals surface area contributed by atoms with Gasteiger partial charge in [0.15, 0.2) is 0 Å². The number of sulfonamides is 1. The summed E-state index contributed by atoms with van der Waals surface area (Å²) >= 11 is 5.79. The van der Waals surface area contributed by atoms with E-state index in [1.807, 2.05) is 30.3 Å². The van der Waals surface area contributed by atoms with Crippen molar-refractivity contribution in [2.24, 2.45) is 0 Å². The van der Waals surface area contributed by atoms with E-state index in [-0.39, 0.29) is 17.2 Å². The number of benzene rings is 2. The third-order valence-electron chi connectivity index (χ3n) is 3.37. The maximum atomic E-state index is 12.5. The van der Waals surface area contributed by atoms with E-state index >= 15 is 0 Å². The summed E-state index contributed by atoms with van der Waals surface area (Å²) in [6, 6.07) is 14.2. The summed E-state index contributed by atoms with van der Waals surface area (Å²) in [5.41, 5.74) is 0.868.